The Morgan fingerprint density at radius 2 is 1.77 bits per heavy atom. The van der Waals surface area contributed by atoms with Crippen LogP contribution in [0.25, 0.3) is 11.0 Å². The van der Waals surface area contributed by atoms with Crippen molar-refractivity contribution in [2.75, 3.05) is 32.7 Å². The Balaban J connectivity index is 0.00000243. The van der Waals surface area contributed by atoms with Gasteiger partial charge in [-0.15, -0.1) is 12.4 Å². The summed E-state index contributed by atoms with van der Waals surface area (Å²) in [6.45, 7) is 1.69. The standard InChI is InChI=1S/C15H21N5O4S.ClH/c16-5-1-2-14(21)19-6-8-20(9-7-19)25(23,24)11-3-4-12-13(10-11)18-15(22)17-12;/h3-4,10H,1-2,5-9,16H2,(H2,17,18,22);1H. The van der Waals surface area contributed by atoms with Crippen LogP contribution < -0.4 is 11.4 Å². The molecule has 0 unspecified atom stereocenters. The number of nitrogens with one attached hydrogen (secondary N) is 2. The van der Waals surface area contributed by atoms with E-state index in [1.165, 1.54) is 16.4 Å². The summed E-state index contributed by atoms with van der Waals surface area (Å²) in [5, 5.41) is 0. The summed E-state index contributed by atoms with van der Waals surface area (Å²) in [5.41, 5.74) is 6.03. The number of imidazole rings is 1. The van der Waals surface area contributed by atoms with Gasteiger partial charge in [-0.3, -0.25) is 4.79 Å². The van der Waals surface area contributed by atoms with E-state index >= 15 is 0 Å². The molecule has 0 spiro atoms. The van der Waals surface area contributed by atoms with Gasteiger partial charge < -0.3 is 20.6 Å². The van der Waals surface area contributed by atoms with Crippen LogP contribution in [0.2, 0.25) is 0 Å². The highest BCUT2D eigenvalue weighted by Crippen LogP contribution is 2.20. The lowest BCUT2D eigenvalue weighted by Gasteiger charge is -2.34. The van der Waals surface area contributed by atoms with Gasteiger partial charge in [0.1, 0.15) is 0 Å². The number of carbonyl (C=O) groups excluding carboxylic acids is 1. The number of sulfonamides is 1. The summed E-state index contributed by atoms with van der Waals surface area (Å²) in [7, 11) is -3.67. The van der Waals surface area contributed by atoms with Crippen molar-refractivity contribution >= 4 is 39.4 Å². The van der Waals surface area contributed by atoms with Crippen LogP contribution >= 0.6 is 12.4 Å². The molecule has 26 heavy (non-hydrogen) atoms. The van der Waals surface area contributed by atoms with E-state index in [0.29, 0.717) is 43.5 Å². The average molecular weight is 404 g/mol. The Labute approximate surface area is 157 Å². The summed E-state index contributed by atoms with van der Waals surface area (Å²) < 4.78 is 26.9. The SMILES string of the molecule is Cl.NCCCC(=O)N1CCN(S(=O)(=O)c2ccc3[nH]c(=O)[nH]c3c2)CC1. The fourth-order valence-electron chi connectivity index (χ4n) is 2.91. The van der Waals surface area contributed by atoms with Crippen LogP contribution in [-0.4, -0.2) is 66.2 Å². The average Bonchev–Trinajstić information content (AvgIpc) is 2.98. The van der Waals surface area contributed by atoms with Crippen molar-refractivity contribution in [3.8, 4) is 0 Å². The van der Waals surface area contributed by atoms with Crippen molar-refractivity contribution in [2.45, 2.75) is 17.7 Å². The fourth-order valence-corrected chi connectivity index (χ4v) is 4.36. The van der Waals surface area contributed by atoms with Crippen LogP contribution in [0.5, 0.6) is 0 Å². The predicted molar refractivity (Wildman–Crippen MR) is 99.8 cm³/mol. The van der Waals surface area contributed by atoms with E-state index in [1.807, 2.05) is 0 Å². The van der Waals surface area contributed by atoms with Crippen LogP contribution in [0.15, 0.2) is 27.9 Å². The van der Waals surface area contributed by atoms with E-state index in [9.17, 15) is 18.0 Å². The first-order chi connectivity index (χ1) is 11.9. The Hall–Kier alpha value is -1.88. The largest absolute Gasteiger partial charge is 0.340 e. The number of piperazine rings is 1. The van der Waals surface area contributed by atoms with Gasteiger partial charge in [0.25, 0.3) is 0 Å². The molecule has 11 heteroatoms. The molecule has 2 aromatic rings. The van der Waals surface area contributed by atoms with Gasteiger partial charge in [-0.2, -0.15) is 4.31 Å². The number of rotatable bonds is 5. The smallest absolute Gasteiger partial charge is 0.323 e. The molecule has 1 aliphatic rings. The molecule has 144 valence electrons. The highest BCUT2D eigenvalue weighted by molar-refractivity contribution is 7.89. The number of aromatic amines is 2. The van der Waals surface area contributed by atoms with Crippen LogP contribution in [0.1, 0.15) is 12.8 Å². The molecule has 0 aliphatic carbocycles. The van der Waals surface area contributed by atoms with Gasteiger partial charge in [-0.1, -0.05) is 0 Å². The van der Waals surface area contributed by atoms with Crippen molar-refractivity contribution in [3.05, 3.63) is 28.7 Å². The highest BCUT2D eigenvalue weighted by atomic mass is 35.5. The molecular weight excluding hydrogens is 382 g/mol. The molecule has 0 atom stereocenters. The molecule has 0 saturated carbocycles. The summed E-state index contributed by atoms with van der Waals surface area (Å²) in [6.07, 6.45) is 1.02. The first kappa shape index (κ1) is 20.4. The van der Waals surface area contributed by atoms with Gasteiger partial charge in [0.15, 0.2) is 0 Å². The normalized spacial score (nSPS) is 15.8. The number of amides is 1. The first-order valence-corrected chi connectivity index (χ1v) is 9.56. The lowest BCUT2D eigenvalue weighted by molar-refractivity contribution is -0.132. The highest BCUT2D eigenvalue weighted by Gasteiger charge is 2.30. The van der Waals surface area contributed by atoms with Crippen molar-refractivity contribution in [1.29, 1.82) is 0 Å². The molecule has 4 N–H and O–H groups in total. The van der Waals surface area contributed by atoms with Crippen LogP contribution in [0.4, 0.5) is 0 Å². The summed E-state index contributed by atoms with van der Waals surface area (Å²) >= 11 is 0. The van der Waals surface area contributed by atoms with Crippen LogP contribution in [0.3, 0.4) is 0 Å². The summed E-state index contributed by atoms with van der Waals surface area (Å²) in [6, 6.07) is 4.48. The van der Waals surface area contributed by atoms with Crippen molar-refractivity contribution in [3.63, 3.8) is 0 Å². The molecular formula is C15H22ClN5O4S. The Kier molecular flexibility index (Phi) is 6.45. The molecule has 3 rings (SSSR count). The molecule has 2 heterocycles. The summed E-state index contributed by atoms with van der Waals surface area (Å²) in [5.74, 6) is 0.00816. The van der Waals surface area contributed by atoms with Crippen LogP contribution in [-0.2, 0) is 14.8 Å². The maximum absolute atomic E-state index is 12.8. The molecule has 0 bridgehead atoms. The van der Waals surface area contributed by atoms with Crippen LogP contribution in [0, 0.1) is 0 Å². The molecule has 1 amide bonds. The van der Waals surface area contributed by atoms with Gasteiger partial charge in [-0.25, -0.2) is 13.2 Å². The fraction of sp³-hybridized carbons (Fsp3) is 0.467. The molecule has 1 fully saturated rings. The van der Waals surface area contributed by atoms with E-state index in [2.05, 4.69) is 9.97 Å². The number of benzene rings is 1. The van der Waals surface area contributed by atoms with Gasteiger partial charge >= 0.3 is 5.69 Å². The zero-order valence-electron chi connectivity index (χ0n) is 14.1. The molecule has 1 aliphatic heterocycles. The van der Waals surface area contributed by atoms with Crippen molar-refractivity contribution < 1.29 is 13.2 Å². The monoisotopic (exact) mass is 403 g/mol. The second-order valence-electron chi connectivity index (χ2n) is 5.96. The number of H-pyrrole nitrogens is 2. The number of aromatic nitrogens is 2. The Morgan fingerprint density at radius 3 is 2.42 bits per heavy atom. The molecule has 1 saturated heterocycles. The van der Waals surface area contributed by atoms with Crippen molar-refractivity contribution in [2.24, 2.45) is 5.73 Å². The second-order valence-corrected chi connectivity index (χ2v) is 7.90. The van der Waals surface area contributed by atoms with Gasteiger partial charge in [0.05, 0.1) is 15.9 Å². The maximum atomic E-state index is 12.8. The first-order valence-electron chi connectivity index (χ1n) is 8.12. The number of hydrogen-bond donors (Lipinski definition) is 3. The lowest BCUT2D eigenvalue weighted by Crippen LogP contribution is -2.50. The second kappa shape index (κ2) is 8.21. The van der Waals surface area contributed by atoms with Gasteiger partial charge in [0.2, 0.25) is 15.9 Å². The molecule has 1 aromatic carbocycles. The minimum atomic E-state index is -3.67. The number of carbonyl (C=O) groups is 1. The molecule has 9 nitrogen and oxygen atoms in total. The van der Waals surface area contributed by atoms with E-state index in [-0.39, 0.29) is 42.0 Å². The number of nitrogens with zero attached hydrogens (tertiary/aromatic N) is 2. The van der Waals surface area contributed by atoms with E-state index in [0.717, 1.165) is 0 Å². The van der Waals surface area contributed by atoms with E-state index < -0.39 is 10.0 Å². The minimum Gasteiger partial charge on any atom is -0.340 e. The van der Waals surface area contributed by atoms with Crippen molar-refractivity contribution in [1.82, 2.24) is 19.2 Å². The molecule has 1 aromatic heterocycles. The topological polar surface area (TPSA) is 132 Å². The maximum Gasteiger partial charge on any atom is 0.323 e. The third kappa shape index (κ3) is 4.09. The zero-order valence-corrected chi connectivity index (χ0v) is 15.7. The van der Waals surface area contributed by atoms with Gasteiger partial charge in [-0.05, 0) is 31.2 Å². The number of hydrogen-bond acceptors (Lipinski definition) is 5. The zero-order chi connectivity index (χ0) is 18.0. The quantitative estimate of drug-likeness (QED) is 0.638. The molecule has 0 radical (unpaired) electrons. The van der Waals surface area contributed by atoms with E-state index in [1.54, 1.807) is 11.0 Å². The third-order valence-electron chi connectivity index (χ3n) is 4.31. The predicted octanol–water partition coefficient (Wildman–Crippen LogP) is -0.150. The lowest BCUT2D eigenvalue weighted by atomic mass is 10.2. The van der Waals surface area contributed by atoms with E-state index in [4.69, 9.17) is 5.73 Å². The number of fused-ring (bicyclic) bond motifs is 1. The Morgan fingerprint density at radius 1 is 1.12 bits per heavy atom. The number of halogens is 1. The third-order valence-corrected chi connectivity index (χ3v) is 6.21. The minimum absolute atomic E-state index is 0. The number of nitrogens with two attached hydrogens (primary N) is 1. The van der Waals surface area contributed by atoms with Gasteiger partial charge in [0, 0.05) is 32.6 Å². The Bertz CT molecular complexity index is 931. The summed E-state index contributed by atoms with van der Waals surface area (Å²) in [4.78, 5) is 30.2.